The standard InChI is InChI=1S/C19H27N3O3/c1-15-13-21(8-9-22(15)10-11-23-2)14-19-20-12-18(25-19)16-4-6-17(24-3)7-5-16/h4-7,12,15H,8-11,13-14H2,1-3H3/t15-/m1/s1. The van der Waals surface area contributed by atoms with Crippen molar-refractivity contribution in [2.45, 2.75) is 19.5 Å². The minimum absolute atomic E-state index is 0.514. The lowest BCUT2D eigenvalue weighted by Crippen LogP contribution is -2.52. The normalized spacial score (nSPS) is 19.2. The van der Waals surface area contributed by atoms with Gasteiger partial charge in [-0.3, -0.25) is 9.80 Å². The molecule has 0 amide bonds. The maximum absolute atomic E-state index is 5.95. The summed E-state index contributed by atoms with van der Waals surface area (Å²) >= 11 is 0. The molecule has 136 valence electrons. The van der Waals surface area contributed by atoms with Crippen molar-refractivity contribution in [1.29, 1.82) is 0 Å². The molecule has 2 aromatic rings. The molecule has 1 aliphatic rings. The molecular weight excluding hydrogens is 318 g/mol. The molecule has 0 bridgehead atoms. The molecule has 0 aliphatic carbocycles. The highest BCUT2D eigenvalue weighted by Gasteiger charge is 2.24. The number of methoxy groups -OCH3 is 2. The second-order valence-corrected chi connectivity index (χ2v) is 6.46. The fourth-order valence-electron chi connectivity index (χ4n) is 3.22. The summed E-state index contributed by atoms with van der Waals surface area (Å²) in [6, 6.07) is 8.34. The molecule has 1 aromatic carbocycles. The van der Waals surface area contributed by atoms with Crippen LogP contribution < -0.4 is 4.74 Å². The first-order chi connectivity index (χ1) is 12.2. The van der Waals surface area contributed by atoms with Crippen molar-refractivity contribution in [2.24, 2.45) is 0 Å². The first-order valence-electron chi connectivity index (χ1n) is 8.74. The Hall–Kier alpha value is -1.89. The largest absolute Gasteiger partial charge is 0.497 e. The van der Waals surface area contributed by atoms with Gasteiger partial charge in [-0.2, -0.15) is 0 Å². The fourth-order valence-corrected chi connectivity index (χ4v) is 3.22. The van der Waals surface area contributed by atoms with Gasteiger partial charge in [-0.05, 0) is 31.2 Å². The van der Waals surface area contributed by atoms with E-state index in [2.05, 4.69) is 21.7 Å². The zero-order valence-electron chi connectivity index (χ0n) is 15.3. The summed E-state index contributed by atoms with van der Waals surface area (Å²) in [4.78, 5) is 9.32. The summed E-state index contributed by atoms with van der Waals surface area (Å²) in [6.45, 7) is 7.88. The smallest absolute Gasteiger partial charge is 0.209 e. The minimum atomic E-state index is 0.514. The van der Waals surface area contributed by atoms with Crippen molar-refractivity contribution >= 4 is 0 Å². The molecule has 6 heteroatoms. The van der Waals surface area contributed by atoms with Gasteiger partial charge in [0, 0.05) is 44.9 Å². The van der Waals surface area contributed by atoms with E-state index in [0.717, 1.165) is 62.3 Å². The molecule has 1 saturated heterocycles. The first-order valence-corrected chi connectivity index (χ1v) is 8.74. The summed E-state index contributed by atoms with van der Waals surface area (Å²) in [5, 5.41) is 0. The van der Waals surface area contributed by atoms with E-state index in [1.165, 1.54) is 0 Å². The van der Waals surface area contributed by atoms with E-state index in [1.54, 1.807) is 20.4 Å². The van der Waals surface area contributed by atoms with Gasteiger partial charge in [0.2, 0.25) is 5.89 Å². The van der Waals surface area contributed by atoms with Crippen LogP contribution in [0.15, 0.2) is 34.9 Å². The Morgan fingerprint density at radius 1 is 1.20 bits per heavy atom. The number of ether oxygens (including phenoxy) is 2. The van der Waals surface area contributed by atoms with Crippen LogP contribution in [0, 0.1) is 0 Å². The average molecular weight is 345 g/mol. The Morgan fingerprint density at radius 2 is 2.00 bits per heavy atom. The van der Waals surface area contributed by atoms with E-state index in [4.69, 9.17) is 13.9 Å². The lowest BCUT2D eigenvalue weighted by Gasteiger charge is -2.39. The van der Waals surface area contributed by atoms with Crippen molar-refractivity contribution in [1.82, 2.24) is 14.8 Å². The third kappa shape index (κ3) is 4.60. The number of aromatic nitrogens is 1. The van der Waals surface area contributed by atoms with Crippen LogP contribution in [-0.4, -0.2) is 67.8 Å². The van der Waals surface area contributed by atoms with Crippen LogP contribution in [0.2, 0.25) is 0 Å². The molecule has 25 heavy (non-hydrogen) atoms. The van der Waals surface area contributed by atoms with Gasteiger partial charge >= 0.3 is 0 Å². The molecule has 0 N–H and O–H groups in total. The number of oxazole rings is 1. The van der Waals surface area contributed by atoms with Crippen LogP contribution >= 0.6 is 0 Å². The van der Waals surface area contributed by atoms with Crippen LogP contribution in [0.3, 0.4) is 0 Å². The number of hydrogen-bond acceptors (Lipinski definition) is 6. The summed E-state index contributed by atoms with van der Waals surface area (Å²) in [5.41, 5.74) is 1.01. The zero-order chi connectivity index (χ0) is 17.6. The van der Waals surface area contributed by atoms with Crippen molar-refractivity contribution in [3.05, 3.63) is 36.4 Å². The zero-order valence-corrected chi connectivity index (χ0v) is 15.3. The molecule has 1 fully saturated rings. The Balaban J connectivity index is 1.56. The maximum Gasteiger partial charge on any atom is 0.209 e. The molecule has 1 aliphatic heterocycles. The fraction of sp³-hybridized carbons (Fsp3) is 0.526. The quantitative estimate of drug-likeness (QED) is 0.768. The van der Waals surface area contributed by atoms with Gasteiger partial charge in [0.05, 0.1) is 26.5 Å². The second-order valence-electron chi connectivity index (χ2n) is 6.46. The summed E-state index contributed by atoms with van der Waals surface area (Å²) in [5.74, 6) is 2.40. The maximum atomic E-state index is 5.95. The third-order valence-corrected chi connectivity index (χ3v) is 4.72. The molecule has 6 nitrogen and oxygen atoms in total. The highest BCUT2D eigenvalue weighted by atomic mass is 16.5. The predicted octanol–water partition coefficient (Wildman–Crippen LogP) is 2.50. The minimum Gasteiger partial charge on any atom is -0.497 e. The lowest BCUT2D eigenvalue weighted by molar-refractivity contribution is 0.0522. The van der Waals surface area contributed by atoms with Gasteiger partial charge < -0.3 is 13.9 Å². The summed E-state index contributed by atoms with van der Waals surface area (Å²) in [6.07, 6.45) is 1.80. The highest BCUT2D eigenvalue weighted by molar-refractivity contribution is 5.57. The van der Waals surface area contributed by atoms with Crippen LogP contribution in [0.1, 0.15) is 12.8 Å². The van der Waals surface area contributed by atoms with E-state index >= 15 is 0 Å². The van der Waals surface area contributed by atoms with Gasteiger partial charge in [-0.25, -0.2) is 4.98 Å². The lowest BCUT2D eigenvalue weighted by atomic mass is 10.2. The first kappa shape index (κ1) is 17.9. The van der Waals surface area contributed by atoms with Crippen LogP contribution in [-0.2, 0) is 11.3 Å². The van der Waals surface area contributed by atoms with Crippen molar-refractivity contribution in [3.8, 4) is 17.1 Å². The molecule has 3 rings (SSSR count). The van der Waals surface area contributed by atoms with Crippen molar-refractivity contribution in [3.63, 3.8) is 0 Å². The molecule has 0 saturated carbocycles. The molecule has 2 heterocycles. The third-order valence-electron chi connectivity index (χ3n) is 4.72. The van der Waals surface area contributed by atoms with Crippen LogP contribution in [0.25, 0.3) is 11.3 Å². The molecule has 0 radical (unpaired) electrons. The summed E-state index contributed by atoms with van der Waals surface area (Å²) in [7, 11) is 3.42. The molecule has 1 aromatic heterocycles. The number of hydrogen-bond donors (Lipinski definition) is 0. The molecule has 0 spiro atoms. The van der Waals surface area contributed by atoms with E-state index < -0.39 is 0 Å². The SMILES string of the molecule is COCCN1CCN(Cc2ncc(-c3ccc(OC)cc3)o2)C[C@H]1C. The monoisotopic (exact) mass is 345 g/mol. The predicted molar refractivity (Wildman–Crippen MR) is 96.7 cm³/mol. The topological polar surface area (TPSA) is 51.0 Å². The van der Waals surface area contributed by atoms with Gasteiger partial charge in [0.25, 0.3) is 0 Å². The average Bonchev–Trinajstić information content (AvgIpc) is 3.09. The molecular formula is C19H27N3O3. The summed E-state index contributed by atoms with van der Waals surface area (Å²) < 4.78 is 16.3. The van der Waals surface area contributed by atoms with E-state index in [1.807, 2.05) is 24.3 Å². The Bertz CT molecular complexity index is 656. The number of rotatable bonds is 7. The molecule has 1 atom stereocenters. The van der Waals surface area contributed by atoms with Crippen LogP contribution in [0.4, 0.5) is 0 Å². The van der Waals surface area contributed by atoms with Crippen molar-refractivity contribution in [2.75, 3.05) is 47.0 Å². The van der Waals surface area contributed by atoms with E-state index in [0.29, 0.717) is 6.04 Å². The van der Waals surface area contributed by atoms with Gasteiger partial charge in [-0.15, -0.1) is 0 Å². The second kappa shape index (κ2) is 8.47. The van der Waals surface area contributed by atoms with Crippen molar-refractivity contribution < 1.29 is 13.9 Å². The molecule has 0 unspecified atom stereocenters. The van der Waals surface area contributed by atoms with E-state index in [9.17, 15) is 0 Å². The van der Waals surface area contributed by atoms with E-state index in [-0.39, 0.29) is 0 Å². The number of piperazine rings is 1. The Kier molecular flexibility index (Phi) is 6.07. The van der Waals surface area contributed by atoms with Crippen LogP contribution in [0.5, 0.6) is 5.75 Å². The number of benzene rings is 1. The Labute approximate surface area is 149 Å². The Morgan fingerprint density at radius 3 is 2.68 bits per heavy atom. The van der Waals surface area contributed by atoms with Gasteiger partial charge in [0.15, 0.2) is 5.76 Å². The van der Waals surface area contributed by atoms with Gasteiger partial charge in [0.1, 0.15) is 5.75 Å². The number of nitrogens with zero attached hydrogens (tertiary/aromatic N) is 3. The van der Waals surface area contributed by atoms with Gasteiger partial charge in [-0.1, -0.05) is 0 Å². The highest BCUT2D eigenvalue weighted by Crippen LogP contribution is 2.24.